The van der Waals surface area contributed by atoms with Gasteiger partial charge in [0.05, 0.1) is 18.8 Å². The summed E-state index contributed by atoms with van der Waals surface area (Å²) in [6.45, 7) is 9.21. The predicted octanol–water partition coefficient (Wildman–Crippen LogP) is 5.47. The molecule has 1 saturated heterocycles. The summed E-state index contributed by atoms with van der Waals surface area (Å²) in [5, 5.41) is 20.0. The van der Waals surface area contributed by atoms with Crippen LogP contribution in [-0.2, 0) is 16.0 Å². The molecule has 0 radical (unpaired) electrons. The number of carboxylic acids is 1. The Kier molecular flexibility index (Phi) is 9.61. The van der Waals surface area contributed by atoms with Crippen LogP contribution in [0.15, 0.2) is 42.5 Å². The van der Waals surface area contributed by atoms with Gasteiger partial charge in [0, 0.05) is 18.7 Å². The van der Waals surface area contributed by atoms with Crippen molar-refractivity contribution >= 4 is 11.5 Å². The van der Waals surface area contributed by atoms with Crippen LogP contribution in [0.4, 0.5) is 4.39 Å². The van der Waals surface area contributed by atoms with Crippen LogP contribution >= 0.6 is 0 Å². The number of ether oxygens (including phenoxy) is 1. The molecule has 0 aromatic heterocycles. The molecule has 35 heavy (non-hydrogen) atoms. The fraction of sp³-hybridized carbons (Fsp3) is 0.483. The summed E-state index contributed by atoms with van der Waals surface area (Å²) in [4.78, 5) is 13.6. The van der Waals surface area contributed by atoms with E-state index in [9.17, 15) is 19.4 Å². The Morgan fingerprint density at radius 2 is 2.03 bits per heavy atom. The van der Waals surface area contributed by atoms with Crippen molar-refractivity contribution in [3.8, 4) is 0 Å². The van der Waals surface area contributed by atoms with Gasteiger partial charge in [0.2, 0.25) is 0 Å². The number of rotatable bonds is 11. The summed E-state index contributed by atoms with van der Waals surface area (Å²) in [7, 11) is 0. The van der Waals surface area contributed by atoms with Gasteiger partial charge in [-0.15, -0.1) is 0 Å². The molecule has 3 atom stereocenters. The topological polar surface area (TPSA) is 70.0 Å². The average Bonchev–Trinajstić information content (AvgIpc) is 3.24. The maximum Gasteiger partial charge on any atom is 0.328 e. The van der Waals surface area contributed by atoms with Gasteiger partial charge in [-0.3, -0.25) is 4.90 Å². The summed E-state index contributed by atoms with van der Waals surface area (Å²) >= 11 is 0. The van der Waals surface area contributed by atoms with Crippen LogP contribution in [0.1, 0.15) is 67.0 Å². The number of hydrogen-bond acceptors (Lipinski definition) is 4. The molecule has 1 fully saturated rings. The van der Waals surface area contributed by atoms with E-state index in [1.54, 1.807) is 13.0 Å². The summed E-state index contributed by atoms with van der Waals surface area (Å²) in [6.07, 6.45) is 3.77. The Morgan fingerprint density at radius 1 is 1.26 bits per heavy atom. The molecule has 2 aromatic rings. The zero-order valence-corrected chi connectivity index (χ0v) is 21.3. The molecule has 2 N–H and O–H groups in total. The van der Waals surface area contributed by atoms with Crippen LogP contribution in [0.3, 0.4) is 0 Å². The molecular weight excluding hydrogens is 445 g/mol. The van der Waals surface area contributed by atoms with E-state index in [0.717, 1.165) is 53.6 Å². The normalized spacial score (nSPS) is 18.6. The molecule has 5 nitrogen and oxygen atoms in total. The van der Waals surface area contributed by atoms with Crippen LogP contribution in [0.25, 0.3) is 5.57 Å². The number of benzene rings is 2. The first kappa shape index (κ1) is 27.1. The highest BCUT2D eigenvalue weighted by molar-refractivity contribution is 5.91. The minimum absolute atomic E-state index is 0.172. The van der Waals surface area contributed by atoms with E-state index in [1.807, 2.05) is 51.1 Å². The molecule has 6 heteroatoms. The highest BCUT2D eigenvalue weighted by atomic mass is 19.1. The van der Waals surface area contributed by atoms with Gasteiger partial charge in [0.15, 0.2) is 0 Å². The van der Waals surface area contributed by atoms with E-state index in [1.165, 1.54) is 6.08 Å². The number of hydrogen-bond donors (Lipinski definition) is 2. The van der Waals surface area contributed by atoms with Gasteiger partial charge in [-0.2, -0.15) is 0 Å². The van der Waals surface area contributed by atoms with Gasteiger partial charge >= 0.3 is 5.97 Å². The smallest absolute Gasteiger partial charge is 0.328 e. The SMILES string of the molecule is CC/C(=C\C(=O)O)c1c(C)cccc1[C@@H](C)OC[C@@H](O)CN1CCC[C@H]1Cc1ccc(C)c(F)c1. The van der Waals surface area contributed by atoms with Crippen LogP contribution < -0.4 is 0 Å². The fourth-order valence-corrected chi connectivity index (χ4v) is 5.04. The minimum Gasteiger partial charge on any atom is -0.478 e. The lowest BCUT2D eigenvalue weighted by Gasteiger charge is -2.28. The van der Waals surface area contributed by atoms with Crippen molar-refractivity contribution in [2.24, 2.45) is 0 Å². The van der Waals surface area contributed by atoms with E-state index in [0.29, 0.717) is 18.5 Å². The highest BCUT2D eigenvalue weighted by Gasteiger charge is 2.27. The third-order valence-electron chi connectivity index (χ3n) is 6.93. The molecule has 0 amide bonds. The predicted molar refractivity (Wildman–Crippen MR) is 137 cm³/mol. The van der Waals surface area contributed by atoms with Gasteiger partial charge in [0.1, 0.15) is 5.82 Å². The van der Waals surface area contributed by atoms with Crippen molar-refractivity contribution < 1.29 is 24.1 Å². The highest BCUT2D eigenvalue weighted by Crippen LogP contribution is 2.31. The number of halogens is 1. The van der Waals surface area contributed by atoms with E-state index < -0.39 is 12.1 Å². The number of aliphatic hydroxyl groups is 1. The first-order valence-electron chi connectivity index (χ1n) is 12.5. The molecule has 190 valence electrons. The molecule has 0 unspecified atom stereocenters. The second-order valence-electron chi connectivity index (χ2n) is 9.61. The van der Waals surface area contributed by atoms with E-state index in [2.05, 4.69) is 4.90 Å². The molecule has 3 rings (SSSR count). The van der Waals surface area contributed by atoms with Crippen molar-refractivity contribution in [2.45, 2.75) is 71.6 Å². The summed E-state index contributed by atoms with van der Waals surface area (Å²) in [5.41, 5.74) is 5.23. The molecule has 1 aliphatic rings. The van der Waals surface area contributed by atoms with Crippen molar-refractivity contribution in [1.82, 2.24) is 4.90 Å². The molecule has 0 bridgehead atoms. The van der Waals surface area contributed by atoms with E-state index in [-0.39, 0.29) is 24.6 Å². The second kappa shape index (κ2) is 12.4. The number of aliphatic carboxylic acids is 1. The third kappa shape index (κ3) is 7.23. The monoisotopic (exact) mass is 483 g/mol. The summed E-state index contributed by atoms with van der Waals surface area (Å²) < 4.78 is 20.0. The Morgan fingerprint density at radius 3 is 2.71 bits per heavy atom. The standard InChI is InChI=1S/C29H38FNO4/c1-5-23(16-28(33)34)29-20(3)8-6-10-26(29)21(4)35-18-25(32)17-31-13-7-9-24(31)14-22-12-11-19(2)27(30)15-22/h6,8,10-12,15-16,21,24-25,32H,5,7,9,13-14,17-18H2,1-4H3,(H,33,34)/b23-16+/t21-,24+,25+/m1/s1. The Labute approximate surface area is 208 Å². The number of aryl methyl sites for hydroxylation is 2. The Bertz CT molecular complexity index is 1050. The van der Waals surface area contributed by atoms with Gasteiger partial charge in [0.25, 0.3) is 0 Å². The lowest BCUT2D eigenvalue weighted by Crippen LogP contribution is -2.39. The number of allylic oxidation sites excluding steroid dienone is 1. The average molecular weight is 484 g/mol. The first-order chi connectivity index (χ1) is 16.7. The number of carbonyl (C=O) groups is 1. The van der Waals surface area contributed by atoms with Crippen LogP contribution in [0, 0.1) is 19.7 Å². The van der Waals surface area contributed by atoms with Gasteiger partial charge in [-0.05, 0) is 92.5 Å². The molecule has 0 spiro atoms. The summed E-state index contributed by atoms with van der Waals surface area (Å²) in [6, 6.07) is 11.6. The van der Waals surface area contributed by atoms with Gasteiger partial charge in [-0.25, -0.2) is 9.18 Å². The second-order valence-corrected chi connectivity index (χ2v) is 9.61. The quantitative estimate of drug-likeness (QED) is 0.415. The first-order valence-corrected chi connectivity index (χ1v) is 12.5. The lowest BCUT2D eigenvalue weighted by atomic mass is 9.91. The largest absolute Gasteiger partial charge is 0.478 e. The molecular formula is C29H38FNO4. The molecule has 0 saturated carbocycles. The molecule has 0 aliphatic carbocycles. The number of likely N-dealkylation sites (tertiary alicyclic amines) is 1. The van der Waals surface area contributed by atoms with Gasteiger partial charge < -0.3 is 14.9 Å². The number of β-amino-alcohol motifs (C(OH)–C–C–N with tert-alkyl or cyclic N) is 1. The molecule has 1 heterocycles. The van der Waals surface area contributed by atoms with Crippen molar-refractivity contribution in [3.63, 3.8) is 0 Å². The van der Waals surface area contributed by atoms with Gasteiger partial charge in [-0.1, -0.05) is 37.3 Å². The maximum absolute atomic E-state index is 14.0. The van der Waals surface area contributed by atoms with E-state index in [4.69, 9.17) is 4.74 Å². The molecule has 2 aromatic carbocycles. The van der Waals surface area contributed by atoms with Crippen LogP contribution in [0.5, 0.6) is 0 Å². The Hall–Kier alpha value is -2.54. The fourth-order valence-electron chi connectivity index (χ4n) is 5.04. The number of carboxylic acid groups (broad SMARTS) is 1. The maximum atomic E-state index is 14.0. The molecule has 1 aliphatic heterocycles. The third-order valence-corrected chi connectivity index (χ3v) is 6.93. The zero-order chi connectivity index (χ0) is 25.5. The van der Waals surface area contributed by atoms with Crippen LogP contribution in [-0.4, -0.2) is 52.9 Å². The van der Waals surface area contributed by atoms with Crippen molar-refractivity contribution in [1.29, 1.82) is 0 Å². The summed E-state index contributed by atoms with van der Waals surface area (Å²) in [5.74, 6) is -1.14. The van der Waals surface area contributed by atoms with Crippen LogP contribution in [0.2, 0.25) is 0 Å². The Balaban J connectivity index is 1.61. The van der Waals surface area contributed by atoms with Crippen molar-refractivity contribution in [3.05, 3.63) is 76.1 Å². The van der Waals surface area contributed by atoms with Crippen molar-refractivity contribution in [2.75, 3.05) is 19.7 Å². The minimum atomic E-state index is -0.964. The number of aliphatic hydroxyl groups excluding tert-OH is 1. The lowest BCUT2D eigenvalue weighted by molar-refractivity contribution is -0.131. The van der Waals surface area contributed by atoms with E-state index >= 15 is 0 Å². The number of nitrogens with zero attached hydrogens (tertiary/aromatic N) is 1. The zero-order valence-electron chi connectivity index (χ0n) is 21.3.